The number of nitrogens with one attached hydrogen (secondary N) is 2. The standard InChI is InChI=1S/C32H44BN5O5/c1-20(2)14-27(33-41-26-16-22-15-25(30(22,3)4)31(26,5)42-33)36-29(40)32(17-21-10-8-7-9-11-21)18-23(37-43-32)19-34-28(39)24-12-13-35-38(24)6/h7-13,20,22,25-27H,14-19H2,1-6H3,(H,34,39)(H,36,40)/t22-,25-,26+,27-,31-,32?/m0/s1. The van der Waals surface area contributed by atoms with Gasteiger partial charge in [-0.3, -0.25) is 14.3 Å². The van der Waals surface area contributed by atoms with E-state index < -0.39 is 12.7 Å². The van der Waals surface area contributed by atoms with Crippen LogP contribution in [0.5, 0.6) is 0 Å². The number of aryl methyl sites for hydroxylation is 1. The number of carbonyl (C=O) groups excluding carboxylic acids is 2. The number of amides is 2. The first-order chi connectivity index (χ1) is 20.4. The number of rotatable bonds is 10. The van der Waals surface area contributed by atoms with Crippen molar-refractivity contribution in [1.82, 2.24) is 20.4 Å². The molecule has 0 radical (unpaired) electrons. The Morgan fingerprint density at radius 1 is 1.14 bits per heavy atom. The highest BCUT2D eigenvalue weighted by Gasteiger charge is 2.68. The zero-order chi connectivity index (χ0) is 30.6. The molecule has 2 bridgehead atoms. The fourth-order valence-electron chi connectivity index (χ4n) is 7.85. The van der Waals surface area contributed by atoms with Crippen LogP contribution in [0.4, 0.5) is 0 Å². The van der Waals surface area contributed by atoms with Crippen molar-refractivity contribution in [1.29, 1.82) is 0 Å². The minimum absolute atomic E-state index is 0.0276. The Kier molecular flexibility index (Phi) is 7.69. The highest BCUT2D eigenvalue weighted by Crippen LogP contribution is 2.65. The number of oxime groups is 1. The van der Waals surface area contributed by atoms with Crippen LogP contribution in [-0.4, -0.2) is 64.2 Å². The predicted molar refractivity (Wildman–Crippen MR) is 163 cm³/mol. The van der Waals surface area contributed by atoms with E-state index in [9.17, 15) is 9.59 Å². The molecule has 3 heterocycles. The second-order valence-corrected chi connectivity index (χ2v) is 14.2. The molecule has 5 aliphatic rings. The predicted octanol–water partition coefficient (Wildman–Crippen LogP) is 3.71. The van der Waals surface area contributed by atoms with Crippen LogP contribution in [0.25, 0.3) is 0 Å². The molecule has 3 saturated carbocycles. The molecule has 43 heavy (non-hydrogen) atoms. The van der Waals surface area contributed by atoms with Crippen LogP contribution in [0.1, 0.15) is 76.4 Å². The van der Waals surface area contributed by atoms with Gasteiger partial charge in [0.1, 0.15) is 5.69 Å². The summed E-state index contributed by atoms with van der Waals surface area (Å²) in [6, 6.07) is 11.5. The van der Waals surface area contributed by atoms with Gasteiger partial charge < -0.3 is 24.8 Å². The van der Waals surface area contributed by atoms with Crippen LogP contribution in [-0.2, 0) is 32.4 Å². The second kappa shape index (κ2) is 11.1. The van der Waals surface area contributed by atoms with Gasteiger partial charge in [0, 0.05) is 26.1 Å². The maximum Gasteiger partial charge on any atom is 0.481 e. The van der Waals surface area contributed by atoms with Crippen molar-refractivity contribution in [3.63, 3.8) is 0 Å². The van der Waals surface area contributed by atoms with E-state index in [4.69, 9.17) is 14.1 Å². The maximum atomic E-state index is 14.3. The topological polar surface area (TPSA) is 116 Å². The molecule has 230 valence electrons. The summed E-state index contributed by atoms with van der Waals surface area (Å²) >= 11 is 0. The first kappa shape index (κ1) is 29.9. The largest absolute Gasteiger partial charge is 0.481 e. The fraction of sp³-hybridized carbons (Fsp3) is 0.625. The lowest BCUT2D eigenvalue weighted by atomic mass is 9.43. The molecule has 2 N–H and O–H groups in total. The summed E-state index contributed by atoms with van der Waals surface area (Å²) in [5.41, 5.74) is 0.602. The Morgan fingerprint density at radius 2 is 1.91 bits per heavy atom. The number of hydrogen-bond donors (Lipinski definition) is 2. The van der Waals surface area contributed by atoms with Gasteiger partial charge in [0.25, 0.3) is 11.8 Å². The van der Waals surface area contributed by atoms with Crippen LogP contribution >= 0.6 is 0 Å². The van der Waals surface area contributed by atoms with Crippen LogP contribution in [0.15, 0.2) is 47.8 Å². The molecular weight excluding hydrogens is 545 g/mol. The lowest BCUT2D eigenvalue weighted by molar-refractivity contribution is -0.199. The normalized spacial score (nSPS) is 31.1. The Labute approximate surface area is 254 Å². The molecule has 6 atom stereocenters. The first-order valence-electron chi connectivity index (χ1n) is 15.6. The molecule has 3 aliphatic carbocycles. The van der Waals surface area contributed by atoms with E-state index in [-0.39, 0.29) is 47.8 Å². The summed E-state index contributed by atoms with van der Waals surface area (Å²) in [6.45, 7) is 11.3. The van der Waals surface area contributed by atoms with E-state index in [0.29, 0.717) is 42.0 Å². The van der Waals surface area contributed by atoms with Gasteiger partial charge in [0.2, 0.25) is 5.60 Å². The average Bonchev–Trinajstić information content (AvgIpc) is 3.68. The molecule has 7 rings (SSSR count). The SMILES string of the molecule is CC(C)C[C@H](NC(=O)C1(Cc2ccccc2)CC(CNC(=O)c2ccnn2C)=NO1)B1O[C@@H]2C[C@@H]3C[C@@H](C3(C)C)[C@]2(C)O1. The van der Waals surface area contributed by atoms with Crippen LogP contribution < -0.4 is 10.6 Å². The van der Waals surface area contributed by atoms with Crippen molar-refractivity contribution in [2.45, 2.75) is 90.0 Å². The van der Waals surface area contributed by atoms with Gasteiger partial charge in [0.05, 0.1) is 29.9 Å². The van der Waals surface area contributed by atoms with Crippen molar-refractivity contribution in [2.75, 3.05) is 6.54 Å². The Morgan fingerprint density at radius 3 is 2.58 bits per heavy atom. The van der Waals surface area contributed by atoms with Crippen molar-refractivity contribution in [2.24, 2.45) is 35.4 Å². The van der Waals surface area contributed by atoms with Gasteiger partial charge in [0.15, 0.2) is 0 Å². The van der Waals surface area contributed by atoms with E-state index in [1.165, 1.54) is 11.1 Å². The van der Waals surface area contributed by atoms with E-state index in [0.717, 1.165) is 12.0 Å². The monoisotopic (exact) mass is 589 g/mol. The molecule has 2 aromatic rings. The summed E-state index contributed by atoms with van der Waals surface area (Å²) in [5.74, 6) is 0.517. The summed E-state index contributed by atoms with van der Waals surface area (Å²) in [6.07, 6.45) is 5.04. The zero-order valence-electron chi connectivity index (χ0n) is 26.1. The van der Waals surface area contributed by atoms with Crippen LogP contribution in [0, 0.1) is 23.2 Å². The Balaban J connectivity index is 1.18. The molecule has 2 amide bonds. The molecule has 10 nitrogen and oxygen atoms in total. The average molecular weight is 590 g/mol. The minimum Gasteiger partial charge on any atom is -0.404 e. The maximum absolute atomic E-state index is 14.3. The quantitative estimate of drug-likeness (QED) is 0.409. The lowest BCUT2D eigenvalue weighted by Crippen LogP contribution is -2.65. The van der Waals surface area contributed by atoms with Crippen molar-refractivity contribution in [3.8, 4) is 0 Å². The van der Waals surface area contributed by atoms with Crippen LogP contribution in [0.3, 0.4) is 0 Å². The number of benzene rings is 1. The number of aromatic nitrogens is 2. The molecule has 0 spiro atoms. The zero-order valence-corrected chi connectivity index (χ0v) is 26.1. The Hall–Kier alpha value is -3.18. The van der Waals surface area contributed by atoms with Gasteiger partial charge in [-0.05, 0) is 61.0 Å². The molecule has 1 saturated heterocycles. The summed E-state index contributed by atoms with van der Waals surface area (Å²) < 4.78 is 14.9. The van der Waals surface area contributed by atoms with Gasteiger partial charge >= 0.3 is 7.12 Å². The molecular formula is C32H44BN5O5. The molecule has 1 aromatic heterocycles. The molecule has 2 aliphatic heterocycles. The number of nitrogens with zero attached hydrogens (tertiary/aromatic N) is 3. The van der Waals surface area contributed by atoms with Crippen LogP contribution in [0.2, 0.25) is 0 Å². The van der Waals surface area contributed by atoms with Crippen molar-refractivity contribution < 1.29 is 23.7 Å². The van der Waals surface area contributed by atoms with Gasteiger partial charge in [-0.15, -0.1) is 0 Å². The van der Waals surface area contributed by atoms with E-state index >= 15 is 0 Å². The van der Waals surface area contributed by atoms with Gasteiger partial charge in [-0.1, -0.05) is 63.2 Å². The van der Waals surface area contributed by atoms with Crippen molar-refractivity contribution in [3.05, 3.63) is 53.9 Å². The van der Waals surface area contributed by atoms with Gasteiger partial charge in [-0.25, -0.2) is 0 Å². The van der Waals surface area contributed by atoms with E-state index in [1.54, 1.807) is 19.3 Å². The second-order valence-electron chi connectivity index (χ2n) is 14.2. The Bertz CT molecular complexity index is 1400. The third kappa shape index (κ3) is 5.39. The van der Waals surface area contributed by atoms with Crippen molar-refractivity contribution >= 4 is 24.6 Å². The number of hydrogen-bond acceptors (Lipinski definition) is 7. The van der Waals surface area contributed by atoms with Gasteiger partial charge in [-0.2, -0.15) is 5.10 Å². The summed E-state index contributed by atoms with van der Waals surface area (Å²) in [4.78, 5) is 33.0. The molecule has 1 unspecified atom stereocenters. The molecule has 1 aromatic carbocycles. The first-order valence-corrected chi connectivity index (χ1v) is 15.6. The third-order valence-electron chi connectivity index (χ3n) is 10.4. The highest BCUT2D eigenvalue weighted by molar-refractivity contribution is 6.48. The van der Waals surface area contributed by atoms with E-state index in [1.807, 2.05) is 30.3 Å². The summed E-state index contributed by atoms with van der Waals surface area (Å²) in [5, 5.41) is 14.5. The molecule has 11 heteroatoms. The minimum atomic E-state index is -1.26. The third-order valence-corrected chi connectivity index (χ3v) is 10.4. The molecule has 4 fully saturated rings. The smallest absolute Gasteiger partial charge is 0.404 e. The lowest BCUT2D eigenvalue weighted by Gasteiger charge is -2.64. The summed E-state index contributed by atoms with van der Waals surface area (Å²) in [7, 11) is 1.18. The van der Waals surface area contributed by atoms with E-state index in [2.05, 4.69) is 55.5 Å². The highest BCUT2D eigenvalue weighted by atomic mass is 16.7. The number of carbonyl (C=O) groups is 2. The fourth-order valence-corrected chi connectivity index (χ4v) is 7.85.